The molecule has 0 radical (unpaired) electrons. The van der Waals surface area contributed by atoms with Crippen LogP contribution in [0.25, 0.3) is 0 Å². The van der Waals surface area contributed by atoms with Crippen LogP contribution in [0.5, 0.6) is 0 Å². The number of rotatable bonds is 1. The van der Waals surface area contributed by atoms with E-state index in [1.165, 1.54) is 0 Å². The molecule has 1 heterocycles. The molecule has 1 aliphatic carbocycles. The lowest BCUT2D eigenvalue weighted by molar-refractivity contribution is -0.0349. The topological polar surface area (TPSA) is 32.8 Å². The molecule has 1 saturated heterocycles. The standard InChI is InChI=1S/C10H18O2/c1-7(2)10(11)5-4-9(3)8(6-10)12-9/h7-8,11H,4-6H2,1-3H3/t8-,9+,10+/m0/s1. The zero-order valence-electron chi connectivity index (χ0n) is 8.13. The van der Waals surface area contributed by atoms with Gasteiger partial charge in [0, 0.05) is 6.42 Å². The van der Waals surface area contributed by atoms with Crippen LogP contribution in [-0.2, 0) is 4.74 Å². The molecule has 2 fully saturated rings. The van der Waals surface area contributed by atoms with E-state index in [2.05, 4.69) is 20.8 Å². The molecule has 0 aromatic rings. The van der Waals surface area contributed by atoms with E-state index in [4.69, 9.17) is 4.74 Å². The summed E-state index contributed by atoms with van der Waals surface area (Å²) < 4.78 is 5.55. The molecule has 1 saturated carbocycles. The first-order valence-corrected chi connectivity index (χ1v) is 4.86. The Balaban J connectivity index is 2.05. The summed E-state index contributed by atoms with van der Waals surface area (Å²) in [4.78, 5) is 0. The molecular formula is C10H18O2. The van der Waals surface area contributed by atoms with Gasteiger partial charge in [-0.3, -0.25) is 0 Å². The Hall–Kier alpha value is -0.0800. The maximum absolute atomic E-state index is 10.2. The predicted molar refractivity (Wildman–Crippen MR) is 46.9 cm³/mol. The SMILES string of the molecule is CC(C)[C@@]1(O)CC[C@@]2(C)O[C@H]2C1. The van der Waals surface area contributed by atoms with Crippen LogP contribution < -0.4 is 0 Å². The third-order valence-corrected chi connectivity index (χ3v) is 3.70. The van der Waals surface area contributed by atoms with Gasteiger partial charge >= 0.3 is 0 Å². The fourth-order valence-electron chi connectivity index (χ4n) is 2.18. The number of epoxide rings is 1. The third kappa shape index (κ3) is 1.09. The lowest BCUT2D eigenvalue weighted by Crippen LogP contribution is -2.41. The summed E-state index contributed by atoms with van der Waals surface area (Å²) in [5, 5.41) is 10.2. The highest BCUT2D eigenvalue weighted by Crippen LogP contribution is 2.52. The summed E-state index contributed by atoms with van der Waals surface area (Å²) in [6.07, 6.45) is 3.09. The predicted octanol–water partition coefficient (Wildman–Crippen LogP) is 1.71. The molecule has 12 heavy (non-hydrogen) atoms. The zero-order valence-corrected chi connectivity index (χ0v) is 8.13. The van der Waals surface area contributed by atoms with Crippen molar-refractivity contribution in [2.24, 2.45) is 5.92 Å². The van der Waals surface area contributed by atoms with E-state index in [0.29, 0.717) is 12.0 Å². The zero-order chi connectivity index (χ0) is 8.98. The van der Waals surface area contributed by atoms with E-state index in [1.54, 1.807) is 0 Å². The highest BCUT2D eigenvalue weighted by molar-refractivity contribution is 5.08. The fourth-order valence-corrected chi connectivity index (χ4v) is 2.18. The van der Waals surface area contributed by atoms with Gasteiger partial charge in [-0.05, 0) is 25.7 Å². The van der Waals surface area contributed by atoms with Crippen molar-refractivity contribution in [3.8, 4) is 0 Å². The Morgan fingerprint density at radius 2 is 2.08 bits per heavy atom. The van der Waals surface area contributed by atoms with E-state index in [9.17, 15) is 5.11 Å². The van der Waals surface area contributed by atoms with E-state index in [0.717, 1.165) is 19.3 Å². The van der Waals surface area contributed by atoms with Crippen LogP contribution in [0.15, 0.2) is 0 Å². The highest BCUT2D eigenvalue weighted by atomic mass is 16.6. The summed E-state index contributed by atoms with van der Waals surface area (Å²) in [6, 6.07) is 0. The average molecular weight is 170 g/mol. The molecule has 1 N–H and O–H groups in total. The molecule has 0 spiro atoms. The lowest BCUT2D eigenvalue weighted by atomic mass is 9.74. The van der Waals surface area contributed by atoms with Gasteiger partial charge in [-0.1, -0.05) is 13.8 Å². The Morgan fingerprint density at radius 1 is 1.42 bits per heavy atom. The van der Waals surface area contributed by atoms with Crippen LogP contribution in [0.1, 0.15) is 40.0 Å². The van der Waals surface area contributed by atoms with Crippen molar-refractivity contribution in [1.82, 2.24) is 0 Å². The first-order chi connectivity index (χ1) is 5.46. The molecule has 2 rings (SSSR count). The van der Waals surface area contributed by atoms with Crippen molar-refractivity contribution in [3.63, 3.8) is 0 Å². The molecule has 3 atom stereocenters. The van der Waals surface area contributed by atoms with Gasteiger partial charge in [0.2, 0.25) is 0 Å². The second kappa shape index (κ2) is 2.24. The Morgan fingerprint density at radius 3 is 2.58 bits per heavy atom. The van der Waals surface area contributed by atoms with Gasteiger partial charge in [0.05, 0.1) is 17.3 Å². The maximum atomic E-state index is 10.2. The molecule has 2 aliphatic rings. The smallest absolute Gasteiger partial charge is 0.0922 e. The number of fused-ring (bicyclic) bond motifs is 1. The van der Waals surface area contributed by atoms with Crippen LogP contribution in [0, 0.1) is 5.92 Å². The molecule has 0 bridgehead atoms. The Bertz CT molecular complexity index is 202. The highest BCUT2D eigenvalue weighted by Gasteiger charge is 2.59. The van der Waals surface area contributed by atoms with E-state index < -0.39 is 5.60 Å². The van der Waals surface area contributed by atoms with Gasteiger partial charge < -0.3 is 9.84 Å². The summed E-state index contributed by atoms with van der Waals surface area (Å²) in [5.74, 6) is 0.353. The second-order valence-corrected chi connectivity index (χ2v) is 4.88. The second-order valence-electron chi connectivity index (χ2n) is 4.88. The van der Waals surface area contributed by atoms with Crippen LogP contribution in [0.4, 0.5) is 0 Å². The van der Waals surface area contributed by atoms with E-state index >= 15 is 0 Å². The van der Waals surface area contributed by atoms with Crippen LogP contribution in [0.2, 0.25) is 0 Å². The lowest BCUT2D eigenvalue weighted by Gasteiger charge is -2.35. The molecular weight excluding hydrogens is 152 g/mol. The fraction of sp³-hybridized carbons (Fsp3) is 1.00. The summed E-state index contributed by atoms with van der Waals surface area (Å²) in [6.45, 7) is 6.33. The Kier molecular flexibility index (Phi) is 1.59. The van der Waals surface area contributed by atoms with Crippen LogP contribution >= 0.6 is 0 Å². The first kappa shape index (κ1) is 8.52. The summed E-state index contributed by atoms with van der Waals surface area (Å²) in [5.41, 5.74) is -0.332. The monoisotopic (exact) mass is 170 g/mol. The third-order valence-electron chi connectivity index (χ3n) is 3.70. The molecule has 70 valence electrons. The van der Waals surface area contributed by atoms with Crippen molar-refractivity contribution in [2.75, 3.05) is 0 Å². The van der Waals surface area contributed by atoms with Crippen molar-refractivity contribution in [2.45, 2.75) is 57.3 Å². The summed E-state index contributed by atoms with van der Waals surface area (Å²) >= 11 is 0. The van der Waals surface area contributed by atoms with E-state index in [1.807, 2.05) is 0 Å². The first-order valence-electron chi connectivity index (χ1n) is 4.86. The minimum Gasteiger partial charge on any atom is -0.390 e. The van der Waals surface area contributed by atoms with Crippen molar-refractivity contribution in [1.29, 1.82) is 0 Å². The van der Waals surface area contributed by atoms with Gasteiger partial charge in [0.1, 0.15) is 0 Å². The average Bonchev–Trinajstić information content (AvgIpc) is 2.60. The molecule has 0 aromatic carbocycles. The molecule has 0 amide bonds. The normalized spacial score (nSPS) is 52.2. The maximum Gasteiger partial charge on any atom is 0.0922 e. The van der Waals surface area contributed by atoms with Crippen LogP contribution in [-0.4, -0.2) is 22.4 Å². The largest absolute Gasteiger partial charge is 0.390 e. The molecule has 0 unspecified atom stereocenters. The Labute approximate surface area is 73.9 Å². The van der Waals surface area contributed by atoms with E-state index in [-0.39, 0.29) is 5.60 Å². The van der Waals surface area contributed by atoms with Crippen molar-refractivity contribution >= 4 is 0 Å². The number of ether oxygens (including phenoxy) is 1. The van der Waals surface area contributed by atoms with Crippen molar-refractivity contribution in [3.05, 3.63) is 0 Å². The van der Waals surface area contributed by atoms with Gasteiger partial charge in [0.15, 0.2) is 0 Å². The summed E-state index contributed by atoms with van der Waals surface area (Å²) in [7, 11) is 0. The molecule has 0 aromatic heterocycles. The molecule has 1 aliphatic heterocycles. The van der Waals surface area contributed by atoms with Gasteiger partial charge in [0.25, 0.3) is 0 Å². The quantitative estimate of drug-likeness (QED) is 0.608. The van der Waals surface area contributed by atoms with Crippen LogP contribution in [0.3, 0.4) is 0 Å². The van der Waals surface area contributed by atoms with Gasteiger partial charge in [-0.25, -0.2) is 0 Å². The minimum atomic E-state index is -0.458. The number of aliphatic hydroxyl groups is 1. The molecule has 2 heteroatoms. The number of hydrogen-bond acceptors (Lipinski definition) is 2. The number of hydrogen-bond donors (Lipinski definition) is 1. The van der Waals surface area contributed by atoms with Gasteiger partial charge in [-0.15, -0.1) is 0 Å². The van der Waals surface area contributed by atoms with Crippen molar-refractivity contribution < 1.29 is 9.84 Å². The molecule has 2 nitrogen and oxygen atoms in total. The van der Waals surface area contributed by atoms with Gasteiger partial charge in [-0.2, -0.15) is 0 Å². The minimum absolute atomic E-state index is 0.126.